The first kappa shape index (κ1) is 22.4. The van der Waals surface area contributed by atoms with E-state index in [4.69, 9.17) is 0 Å². The summed E-state index contributed by atoms with van der Waals surface area (Å²) in [5.74, 6) is -0.413. The summed E-state index contributed by atoms with van der Waals surface area (Å²) >= 11 is 1.52. The molecule has 0 spiro atoms. The van der Waals surface area contributed by atoms with Crippen molar-refractivity contribution in [3.8, 4) is 0 Å². The van der Waals surface area contributed by atoms with Crippen LogP contribution < -0.4 is 10.6 Å². The maximum absolute atomic E-state index is 12.9. The fourth-order valence-corrected chi connectivity index (χ4v) is 5.62. The quantitative estimate of drug-likeness (QED) is 0.698. The minimum Gasteiger partial charge on any atom is -0.333 e. The number of thiophene rings is 1. The number of nitrogens with one attached hydrogen (secondary N) is 2. The second-order valence-electron chi connectivity index (χ2n) is 7.26. The van der Waals surface area contributed by atoms with Crippen LogP contribution in [0.25, 0.3) is 0 Å². The Hall–Kier alpha value is -2.27. The summed E-state index contributed by atoms with van der Waals surface area (Å²) in [7, 11) is -3.57. The van der Waals surface area contributed by atoms with Crippen molar-refractivity contribution in [3.63, 3.8) is 0 Å². The third kappa shape index (κ3) is 5.66. The Labute approximate surface area is 180 Å². The summed E-state index contributed by atoms with van der Waals surface area (Å²) in [6, 6.07) is 8.56. The number of carbonyl (C=O) groups is 2. The smallest absolute Gasteiger partial charge is 0.321 e. The van der Waals surface area contributed by atoms with Gasteiger partial charge in [-0.2, -0.15) is 4.31 Å². The molecule has 2 aromatic rings. The number of imide groups is 1. The van der Waals surface area contributed by atoms with Crippen LogP contribution in [0.2, 0.25) is 0 Å². The Morgan fingerprint density at radius 3 is 2.47 bits per heavy atom. The van der Waals surface area contributed by atoms with Crippen LogP contribution in [0, 0.1) is 13.8 Å². The van der Waals surface area contributed by atoms with Crippen LogP contribution in [0.3, 0.4) is 0 Å². The van der Waals surface area contributed by atoms with Gasteiger partial charge in [-0.1, -0.05) is 23.8 Å². The molecule has 0 unspecified atom stereocenters. The molecule has 1 aliphatic heterocycles. The molecule has 0 radical (unpaired) electrons. The molecule has 8 nitrogen and oxygen atoms in total. The molecular formula is C20H26N4O4S2. The Morgan fingerprint density at radius 1 is 1.10 bits per heavy atom. The molecule has 162 valence electrons. The molecule has 1 fully saturated rings. The van der Waals surface area contributed by atoms with Crippen molar-refractivity contribution < 1.29 is 18.0 Å². The Bertz CT molecular complexity index is 998. The van der Waals surface area contributed by atoms with E-state index in [1.54, 1.807) is 19.1 Å². The molecule has 1 aromatic carbocycles. The largest absolute Gasteiger partial charge is 0.333 e. The van der Waals surface area contributed by atoms with Crippen LogP contribution in [0.1, 0.15) is 16.0 Å². The zero-order valence-electron chi connectivity index (χ0n) is 17.1. The van der Waals surface area contributed by atoms with Crippen LogP contribution in [-0.2, 0) is 21.4 Å². The van der Waals surface area contributed by atoms with Gasteiger partial charge in [-0.15, -0.1) is 11.3 Å². The standard InChI is InChI=1S/C20H26N4O4S2/c1-15-5-6-18(16(2)12-15)30(27,28)24-9-7-23(8-10-24)14-19(25)22-20(26)21-13-17-4-3-11-29-17/h3-6,11-12H,7-10,13-14H2,1-2H3,(H2,21,22,25,26). The first-order valence-corrected chi connectivity index (χ1v) is 12.0. The van der Waals surface area contributed by atoms with Crippen LogP contribution in [-0.4, -0.2) is 62.3 Å². The number of hydrogen-bond acceptors (Lipinski definition) is 6. The van der Waals surface area contributed by atoms with Gasteiger partial charge in [0.25, 0.3) is 0 Å². The van der Waals surface area contributed by atoms with Crippen molar-refractivity contribution in [1.82, 2.24) is 19.8 Å². The summed E-state index contributed by atoms with van der Waals surface area (Å²) in [5, 5.41) is 6.87. The van der Waals surface area contributed by atoms with Crippen molar-refractivity contribution >= 4 is 33.3 Å². The molecule has 30 heavy (non-hydrogen) atoms. The second kappa shape index (κ2) is 9.69. The molecule has 0 saturated carbocycles. The number of rotatable bonds is 6. The lowest BCUT2D eigenvalue weighted by Gasteiger charge is -2.33. The van der Waals surface area contributed by atoms with Crippen LogP contribution in [0.4, 0.5) is 4.79 Å². The lowest BCUT2D eigenvalue weighted by atomic mass is 10.2. The maximum atomic E-state index is 12.9. The zero-order valence-corrected chi connectivity index (χ0v) is 18.7. The topological polar surface area (TPSA) is 98.8 Å². The summed E-state index contributed by atoms with van der Waals surface area (Å²) < 4.78 is 27.3. The highest BCUT2D eigenvalue weighted by atomic mass is 32.2. The second-order valence-corrected chi connectivity index (χ2v) is 10.2. The Balaban J connectivity index is 1.46. The third-order valence-electron chi connectivity index (χ3n) is 4.90. The number of urea groups is 1. The molecule has 2 N–H and O–H groups in total. The molecule has 1 aliphatic rings. The summed E-state index contributed by atoms with van der Waals surface area (Å²) in [6.07, 6.45) is 0. The van der Waals surface area contributed by atoms with Gasteiger partial charge in [0.2, 0.25) is 15.9 Å². The van der Waals surface area contributed by atoms with Gasteiger partial charge in [-0.25, -0.2) is 13.2 Å². The van der Waals surface area contributed by atoms with Gasteiger partial charge >= 0.3 is 6.03 Å². The van der Waals surface area contributed by atoms with Gasteiger partial charge in [-0.3, -0.25) is 15.0 Å². The highest BCUT2D eigenvalue weighted by Gasteiger charge is 2.30. The van der Waals surface area contributed by atoms with Crippen LogP contribution in [0.5, 0.6) is 0 Å². The maximum Gasteiger partial charge on any atom is 0.321 e. The summed E-state index contributed by atoms with van der Waals surface area (Å²) in [6.45, 7) is 5.58. The number of aryl methyl sites for hydroxylation is 2. The molecule has 1 saturated heterocycles. The first-order chi connectivity index (χ1) is 14.3. The van der Waals surface area contributed by atoms with Gasteiger partial charge in [0.05, 0.1) is 18.0 Å². The average molecular weight is 451 g/mol. The first-order valence-electron chi connectivity index (χ1n) is 9.65. The highest BCUT2D eigenvalue weighted by molar-refractivity contribution is 7.89. The van der Waals surface area contributed by atoms with E-state index in [9.17, 15) is 18.0 Å². The minimum atomic E-state index is -3.57. The van der Waals surface area contributed by atoms with E-state index in [1.165, 1.54) is 15.6 Å². The van der Waals surface area contributed by atoms with Gasteiger partial charge in [-0.05, 0) is 36.9 Å². The summed E-state index contributed by atoms with van der Waals surface area (Å²) in [4.78, 5) is 27.1. The van der Waals surface area contributed by atoms with E-state index in [0.29, 0.717) is 37.6 Å². The van der Waals surface area contributed by atoms with E-state index < -0.39 is 22.0 Å². The number of carbonyl (C=O) groups excluding carboxylic acids is 2. The van der Waals surface area contributed by atoms with Crippen molar-refractivity contribution in [1.29, 1.82) is 0 Å². The molecule has 3 amide bonds. The van der Waals surface area contributed by atoms with Gasteiger partial charge < -0.3 is 5.32 Å². The van der Waals surface area contributed by atoms with E-state index in [0.717, 1.165) is 16.0 Å². The average Bonchev–Trinajstić information content (AvgIpc) is 3.20. The molecule has 0 aliphatic carbocycles. The number of piperazine rings is 1. The summed E-state index contributed by atoms with van der Waals surface area (Å²) in [5.41, 5.74) is 1.74. The number of nitrogens with zero attached hydrogens (tertiary/aromatic N) is 2. The minimum absolute atomic E-state index is 0.0455. The number of benzene rings is 1. The highest BCUT2D eigenvalue weighted by Crippen LogP contribution is 2.22. The number of amides is 3. The molecular weight excluding hydrogens is 424 g/mol. The Morgan fingerprint density at radius 2 is 1.83 bits per heavy atom. The van der Waals surface area contributed by atoms with Crippen LogP contribution >= 0.6 is 11.3 Å². The van der Waals surface area contributed by atoms with Crippen LogP contribution in [0.15, 0.2) is 40.6 Å². The van der Waals surface area contributed by atoms with E-state index >= 15 is 0 Å². The Kier molecular flexibility index (Phi) is 7.24. The third-order valence-corrected chi connectivity index (χ3v) is 7.84. The van der Waals surface area contributed by atoms with Gasteiger partial charge in [0.1, 0.15) is 0 Å². The fourth-order valence-electron chi connectivity index (χ4n) is 3.35. The van der Waals surface area contributed by atoms with Crippen molar-refractivity contribution in [2.24, 2.45) is 0 Å². The SMILES string of the molecule is Cc1ccc(S(=O)(=O)N2CCN(CC(=O)NC(=O)NCc3cccs3)CC2)c(C)c1. The zero-order chi connectivity index (χ0) is 21.7. The normalized spacial score (nSPS) is 15.7. The van der Waals surface area contributed by atoms with Crippen molar-refractivity contribution in [2.45, 2.75) is 25.3 Å². The number of sulfonamides is 1. The predicted octanol–water partition coefficient (Wildman–Crippen LogP) is 1.70. The molecule has 0 atom stereocenters. The number of hydrogen-bond donors (Lipinski definition) is 2. The van der Waals surface area contributed by atoms with E-state index in [-0.39, 0.29) is 6.54 Å². The molecule has 3 rings (SSSR count). The molecule has 10 heteroatoms. The van der Waals surface area contributed by atoms with E-state index in [2.05, 4.69) is 10.6 Å². The molecule has 0 bridgehead atoms. The molecule has 1 aromatic heterocycles. The fraction of sp³-hybridized carbons (Fsp3) is 0.400. The monoisotopic (exact) mass is 450 g/mol. The van der Waals surface area contributed by atoms with Gasteiger partial charge in [0.15, 0.2) is 0 Å². The van der Waals surface area contributed by atoms with Crippen molar-refractivity contribution in [2.75, 3.05) is 32.7 Å². The lowest BCUT2D eigenvalue weighted by Crippen LogP contribution is -2.52. The van der Waals surface area contributed by atoms with Gasteiger partial charge in [0, 0.05) is 31.1 Å². The lowest BCUT2D eigenvalue weighted by molar-refractivity contribution is -0.121. The molecule has 2 heterocycles. The predicted molar refractivity (Wildman–Crippen MR) is 116 cm³/mol. The van der Waals surface area contributed by atoms with E-state index in [1.807, 2.05) is 35.4 Å². The van der Waals surface area contributed by atoms with Crippen molar-refractivity contribution in [3.05, 3.63) is 51.7 Å².